The first-order chi connectivity index (χ1) is 8.32. The maximum atomic E-state index is 10.6. The minimum absolute atomic E-state index is 0.158. The Balaban J connectivity index is 3.77. The zero-order valence-corrected chi connectivity index (χ0v) is 11.3. The van der Waals surface area contributed by atoms with E-state index in [-0.39, 0.29) is 5.41 Å². The monoisotopic (exact) mass is 244 g/mol. The highest BCUT2D eigenvalue weighted by Gasteiger charge is 2.22. The summed E-state index contributed by atoms with van der Waals surface area (Å²) in [4.78, 5) is 28.4. The van der Waals surface area contributed by atoms with Crippen LogP contribution in [-0.4, -0.2) is 12.2 Å². The molecule has 0 N–H and O–H groups in total. The van der Waals surface area contributed by atoms with Gasteiger partial charge in [-0.25, -0.2) is 9.59 Å². The van der Waals surface area contributed by atoms with Crippen LogP contribution < -0.4 is 0 Å². The van der Waals surface area contributed by atoms with Crippen LogP contribution in [-0.2, 0) is 15.0 Å². The summed E-state index contributed by atoms with van der Waals surface area (Å²) in [6.45, 7) is 9.76. The fraction of sp³-hybridized carbons (Fsp3) is 0.429. The predicted octanol–water partition coefficient (Wildman–Crippen LogP) is 3.54. The summed E-state index contributed by atoms with van der Waals surface area (Å²) in [6, 6.07) is 1.90. The van der Waals surface area contributed by atoms with Gasteiger partial charge < -0.3 is 0 Å². The van der Waals surface area contributed by atoms with E-state index in [1.54, 1.807) is 13.0 Å². The van der Waals surface area contributed by atoms with Gasteiger partial charge in [0.1, 0.15) is 0 Å². The van der Waals surface area contributed by atoms with E-state index in [0.717, 1.165) is 11.1 Å². The lowest BCUT2D eigenvalue weighted by Crippen LogP contribution is -2.12. The Hall–Kier alpha value is -2.02. The Labute approximate surface area is 106 Å². The molecule has 0 fully saturated rings. The van der Waals surface area contributed by atoms with Crippen LogP contribution in [0.15, 0.2) is 16.1 Å². The fourth-order valence-electron chi connectivity index (χ4n) is 1.94. The van der Waals surface area contributed by atoms with E-state index < -0.39 is 0 Å². The van der Waals surface area contributed by atoms with E-state index >= 15 is 0 Å². The Kier molecular flexibility index (Phi) is 3.97. The van der Waals surface area contributed by atoms with Crippen molar-refractivity contribution >= 4 is 23.5 Å². The zero-order chi connectivity index (χ0) is 13.9. The number of benzene rings is 1. The molecule has 0 aliphatic rings. The lowest BCUT2D eigenvalue weighted by Gasteiger charge is -2.23. The smallest absolute Gasteiger partial charge is 0.211 e. The van der Waals surface area contributed by atoms with Crippen molar-refractivity contribution in [1.82, 2.24) is 0 Å². The molecule has 0 aromatic heterocycles. The molecule has 1 aromatic rings. The topological polar surface area (TPSA) is 58.9 Å². The first-order valence-electron chi connectivity index (χ1n) is 5.63. The number of aryl methyl sites for hydroxylation is 1. The largest absolute Gasteiger partial charge is 0.240 e. The highest BCUT2D eigenvalue weighted by Crippen LogP contribution is 2.40. The SMILES string of the molecule is Cc1cc(C(C)(C)C)c(N=C=O)c(C)c1N=C=O. The Bertz CT molecular complexity index is 570. The molecule has 4 nitrogen and oxygen atoms in total. The molecule has 0 aliphatic carbocycles. The molecular formula is C14H16N2O2. The summed E-state index contributed by atoms with van der Waals surface area (Å²) in [6.07, 6.45) is 3.09. The van der Waals surface area contributed by atoms with E-state index in [2.05, 4.69) is 9.98 Å². The molecule has 18 heavy (non-hydrogen) atoms. The van der Waals surface area contributed by atoms with Crippen LogP contribution in [0.1, 0.15) is 37.5 Å². The molecule has 4 heteroatoms. The molecule has 0 radical (unpaired) electrons. The third kappa shape index (κ3) is 2.62. The Morgan fingerprint density at radius 2 is 1.50 bits per heavy atom. The van der Waals surface area contributed by atoms with Gasteiger partial charge in [0.25, 0.3) is 0 Å². The van der Waals surface area contributed by atoms with Gasteiger partial charge in [-0.05, 0) is 30.4 Å². The van der Waals surface area contributed by atoms with Crippen LogP contribution in [0.5, 0.6) is 0 Å². The molecule has 0 heterocycles. The number of nitrogens with zero attached hydrogens (tertiary/aromatic N) is 2. The third-order valence-corrected chi connectivity index (χ3v) is 2.82. The third-order valence-electron chi connectivity index (χ3n) is 2.82. The lowest BCUT2D eigenvalue weighted by molar-refractivity contribution is 0.564. The van der Waals surface area contributed by atoms with E-state index in [0.29, 0.717) is 16.9 Å². The van der Waals surface area contributed by atoms with Crippen LogP contribution >= 0.6 is 0 Å². The number of isocyanates is 2. The zero-order valence-electron chi connectivity index (χ0n) is 11.3. The van der Waals surface area contributed by atoms with Gasteiger partial charge >= 0.3 is 0 Å². The van der Waals surface area contributed by atoms with Crippen LogP contribution in [0.4, 0.5) is 11.4 Å². The van der Waals surface area contributed by atoms with Gasteiger partial charge in [0.05, 0.1) is 11.4 Å². The molecule has 0 saturated heterocycles. The molecule has 0 aliphatic heterocycles. The van der Waals surface area contributed by atoms with Crippen molar-refractivity contribution < 1.29 is 9.59 Å². The number of hydrogen-bond acceptors (Lipinski definition) is 4. The molecule has 0 bridgehead atoms. The molecule has 1 aromatic carbocycles. The van der Waals surface area contributed by atoms with Crippen molar-refractivity contribution in [3.63, 3.8) is 0 Å². The number of aliphatic imine (C=N–C) groups is 2. The minimum atomic E-state index is -0.158. The highest BCUT2D eigenvalue weighted by atomic mass is 16.1. The highest BCUT2D eigenvalue weighted by molar-refractivity contribution is 5.72. The second-order valence-electron chi connectivity index (χ2n) is 5.22. The summed E-state index contributed by atoms with van der Waals surface area (Å²) in [5.41, 5.74) is 3.40. The van der Waals surface area contributed by atoms with Crippen molar-refractivity contribution in [2.24, 2.45) is 9.98 Å². The summed E-state index contributed by atoms with van der Waals surface area (Å²) < 4.78 is 0. The first kappa shape index (κ1) is 14.0. The molecule has 0 unspecified atom stereocenters. The summed E-state index contributed by atoms with van der Waals surface area (Å²) in [5, 5.41) is 0. The summed E-state index contributed by atoms with van der Waals surface area (Å²) in [5.74, 6) is 0. The second kappa shape index (κ2) is 5.09. The average Bonchev–Trinajstić information content (AvgIpc) is 2.26. The minimum Gasteiger partial charge on any atom is -0.211 e. The van der Waals surface area contributed by atoms with E-state index in [4.69, 9.17) is 0 Å². The standard InChI is InChI=1S/C14H16N2O2/c1-9-6-11(14(3,4)5)13(16-8-18)10(2)12(9)15-7-17/h6H,1-5H3. The molecular weight excluding hydrogens is 228 g/mol. The maximum absolute atomic E-state index is 10.6. The summed E-state index contributed by atoms with van der Waals surface area (Å²) >= 11 is 0. The normalized spacial score (nSPS) is 10.5. The van der Waals surface area contributed by atoms with Crippen molar-refractivity contribution in [3.05, 3.63) is 22.8 Å². The van der Waals surface area contributed by atoms with Gasteiger partial charge in [-0.1, -0.05) is 26.8 Å². The van der Waals surface area contributed by atoms with Gasteiger partial charge in [0.15, 0.2) is 0 Å². The van der Waals surface area contributed by atoms with E-state index in [1.165, 1.54) is 6.08 Å². The molecule has 0 atom stereocenters. The van der Waals surface area contributed by atoms with Gasteiger partial charge in [0, 0.05) is 5.56 Å². The number of rotatable bonds is 2. The van der Waals surface area contributed by atoms with Gasteiger partial charge in [-0.3, -0.25) is 0 Å². The van der Waals surface area contributed by atoms with Crippen LogP contribution in [0, 0.1) is 13.8 Å². The summed E-state index contributed by atoms with van der Waals surface area (Å²) in [7, 11) is 0. The fourth-order valence-corrected chi connectivity index (χ4v) is 1.94. The average molecular weight is 244 g/mol. The lowest BCUT2D eigenvalue weighted by atomic mass is 9.83. The Morgan fingerprint density at radius 1 is 1.00 bits per heavy atom. The molecule has 0 amide bonds. The van der Waals surface area contributed by atoms with Gasteiger partial charge in [0.2, 0.25) is 12.2 Å². The molecule has 0 saturated carbocycles. The van der Waals surface area contributed by atoms with Gasteiger partial charge in [-0.2, -0.15) is 9.98 Å². The molecule has 94 valence electrons. The van der Waals surface area contributed by atoms with E-state index in [9.17, 15) is 9.59 Å². The quantitative estimate of drug-likeness (QED) is 0.590. The molecule has 0 spiro atoms. The number of hydrogen-bond donors (Lipinski definition) is 0. The second-order valence-corrected chi connectivity index (χ2v) is 5.22. The first-order valence-corrected chi connectivity index (χ1v) is 5.63. The van der Waals surface area contributed by atoms with Crippen LogP contribution in [0.2, 0.25) is 0 Å². The maximum Gasteiger partial charge on any atom is 0.240 e. The van der Waals surface area contributed by atoms with Crippen LogP contribution in [0.25, 0.3) is 0 Å². The molecule has 1 rings (SSSR count). The predicted molar refractivity (Wildman–Crippen MR) is 70.2 cm³/mol. The van der Waals surface area contributed by atoms with Gasteiger partial charge in [-0.15, -0.1) is 0 Å². The van der Waals surface area contributed by atoms with Crippen LogP contribution in [0.3, 0.4) is 0 Å². The van der Waals surface area contributed by atoms with Crippen molar-refractivity contribution in [2.75, 3.05) is 0 Å². The van der Waals surface area contributed by atoms with Crippen molar-refractivity contribution in [2.45, 2.75) is 40.0 Å². The Morgan fingerprint density at radius 3 is 1.94 bits per heavy atom. The number of carbonyl (C=O) groups excluding carboxylic acids is 2. The van der Waals surface area contributed by atoms with Crippen molar-refractivity contribution in [3.8, 4) is 0 Å². The van der Waals surface area contributed by atoms with Crippen molar-refractivity contribution in [1.29, 1.82) is 0 Å². The van der Waals surface area contributed by atoms with E-state index in [1.807, 2.05) is 33.8 Å².